The Kier molecular flexibility index (Phi) is 4.86. The standard InChI is InChI=1S/C12H19N3O2S/c1-9-5-6-11(10(2)8-9)18(16,17)15-7-3-4-12(13)14/h5-6,8,15H,3-4,7H2,1-2H3,(H3,13,14). The first-order valence-electron chi connectivity index (χ1n) is 5.73. The molecule has 0 aliphatic heterocycles. The molecule has 0 amide bonds. The summed E-state index contributed by atoms with van der Waals surface area (Å²) in [7, 11) is -3.47. The van der Waals surface area contributed by atoms with Crippen molar-refractivity contribution in [2.45, 2.75) is 31.6 Å². The lowest BCUT2D eigenvalue weighted by atomic mass is 10.2. The van der Waals surface area contributed by atoms with Crippen LogP contribution in [0.4, 0.5) is 0 Å². The molecule has 5 nitrogen and oxygen atoms in total. The molecule has 6 heteroatoms. The summed E-state index contributed by atoms with van der Waals surface area (Å²) in [6, 6.07) is 5.22. The Morgan fingerprint density at radius 2 is 2.06 bits per heavy atom. The molecule has 0 saturated carbocycles. The normalized spacial score (nSPS) is 11.4. The Labute approximate surface area is 108 Å². The zero-order valence-corrected chi connectivity index (χ0v) is 11.5. The van der Waals surface area contributed by atoms with E-state index in [1.165, 1.54) is 0 Å². The van der Waals surface area contributed by atoms with Crippen LogP contribution in [0, 0.1) is 19.3 Å². The predicted octanol–water partition coefficient (Wildman–Crippen LogP) is 1.30. The number of hydrogen-bond acceptors (Lipinski definition) is 3. The molecule has 100 valence electrons. The highest BCUT2D eigenvalue weighted by atomic mass is 32.2. The Balaban J connectivity index is 2.71. The van der Waals surface area contributed by atoms with Gasteiger partial charge in [0.05, 0.1) is 10.7 Å². The Hall–Kier alpha value is -1.40. The topological polar surface area (TPSA) is 96.0 Å². The van der Waals surface area contributed by atoms with Gasteiger partial charge in [-0.2, -0.15) is 0 Å². The van der Waals surface area contributed by atoms with Crippen LogP contribution in [0.15, 0.2) is 23.1 Å². The van der Waals surface area contributed by atoms with E-state index in [4.69, 9.17) is 11.1 Å². The molecule has 0 unspecified atom stereocenters. The second kappa shape index (κ2) is 5.97. The van der Waals surface area contributed by atoms with Gasteiger partial charge in [0.25, 0.3) is 0 Å². The molecule has 0 aromatic heterocycles. The summed E-state index contributed by atoms with van der Waals surface area (Å²) in [5.74, 6) is 0.0701. The fourth-order valence-corrected chi connectivity index (χ4v) is 2.96. The number of nitrogens with one attached hydrogen (secondary N) is 2. The van der Waals surface area contributed by atoms with Crippen molar-refractivity contribution in [3.8, 4) is 0 Å². The summed E-state index contributed by atoms with van der Waals surface area (Å²) < 4.78 is 26.5. The number of rotatable bonds is 6. The monoisotopic (exact) mass is 269 g/mol. The van der Waals surface area contributed by atoms with Crippen molar-refractivity contribution in [3.05, 3.63) is 29.3 Å². The van der Waals surface area contributed by atoms with E-state index in [9.17, 15) is 8.42 Å². The molecular weight excluding hydrogens is 250 g/mol. The SMILES string of the molecule is Cc1ccc(S(=O)(=O)NCCCC(=N)N)c(C)c1. The fraction of sp³-hybridized carbons (Fsp3) is 0.417. The number of nitrogens with two attached hydrogens (primary N) is 1. The minimum absolute atomic E-state index is 0.0701. The molecule has 0 heterocycles. The molecule has 0 aliphatic rings. The lowest BCUT2D eigenvalue weighted by molar-refractivity contribution is 0.579. The third-order valence-electron chi connectivity index (χ3n) is 2.53. The molecule has 18 heavy (non-hydrogen) atoms. The van der Waals surface area contributed by atoms with Crippen LogP contribution in [0.5, 0.6) is 0 Å². The van der Waals surface area contributed by atoms with Crippen LogP contribution in [0.2, 0.25) is 0 Å². The molecule has 0 bridgehead atoms. The molecule has 0 saturated heterocycles. The van der Waals surface area contributed by atoms with Crippen LogP contribution in [0.1, 0.15) is 24.0 Å². The van der Waals surface area contributed by atoms with Gasteiger partial charge in [-0.15, -0.1) is 0 Å². The highest BCUT2D eigenvalue weighted by Gasteiger charge is 2.15. The molecular formula is C12H19N3O2S. The fourth-order valence-electron chi connectivity index (χ4n) is 1.66. The second-order valence-corrected chi connectivity index (χ2v) is 6.03. The predicted molar refractivity (Wildman–Crippen MR) is 72.3 cm³/mol. The van der Waals surface area contributed by atoms with Gasteiger partial charge in [-0.3, -0.25) is 5.41 Å². The molecule has 1 aromatic rings. The molecule has 1 rings (SSSR count). The van der Waals surface area contributed by atoms with Crippen LogP contribution in [-0.2, 0) is 10.0 Å². The molecule has 0 aliphatic carbocycles. The molecule has 0 fully saturated rings. The third-order valence-corrected chi connectivity index (χ3v) is 4.16. The van der Waals surface area contributed by atoms with Crippen molar-refractivity contribution < 1.29 is 8.42 Å². The maximum Gasteiger partial charge on any atom is 0.240 e. The zero-order chi connectivity index (χ0) is 13.8. The average Bonchev–Trinajstić information content (AvgIpc) is 2.23. The molecule has 0 atom stereocenters. The summed E-state index contributed by atoms with van der Waals surface area (Å²) in [6.07, 6.45) is 0.925. The minimum atomic E-state index is -3.47. The van der Waals surface area contributed by atoms with Crippen molar-refractivity contribution in [3.63, 3.8) is 0 Å². The summed E-state index contributed by atoms with van der Waals surface area (Å²) in [5, 5.41) is 7.05. The van der Waals surface area contributed by atoms with Gasteiger partial charge in [-0.05, 0) is 31.9 Å². The first-order chi connectivity index (χ1) is 8.33. The van der Waals surface area contributed by atoms with E-state index in [-0.39, 0.29) is 12.4 Å². The number of hydrogen-bond donors (Lipinski definition) is 3. The average molecular weight is 269 g/mol. The number of aryl methyl sites for hydroxylation is 2. The Morgan fingerprint density at radius 1 is 1.39 bits per heavy atom. The smallest absolute Gasteiger partial charge is 0.240 e. The van der Waals surface area contributed by atoms with Crippen molar-refractivity contribution >= 4 is 15.9 Å². The van der Waals surface area contributed by atoms with Crippen LogP contribution < -0.4 is 10.5 Å². The summed E-state index contributed by atoms with van der Waals surface area (Å²) in [6.45, 7) is 3.98. The molecule has 1 aromatic carbocycles. The quantitative estimate of drug-likeness (QED) is 0.412. The van der Waals surface area contributed by atoms with Crippen LogP contribution >= 0.6 is 0 Å². The van der Waals surface area contributed by atoms with Gasteiger partial charge in [0.15, 0.2) is 0 Å². The van der Waals surface area contributed by atoms with E-state index in [0.29, 0.717) is 17.7 Å². The number of benzene rings is 1. The van der Waals surface area contributed by atoms with Gasteiger partial charge in [0.1, 0.15) is 0 Å². The van der Waals surface area contributed by atoms with Gasteiger partial charge in [-0.1, -0.05) is 17.7 Å². The number of sulfonamides is 1. The minimum Gasteiger partial charge on any atom is -0.388 e. The van der Waals surface area contributed by atoms with Crippen molar-refractivity contribution in [2.75, 3.05) is 6.54 Å². The number of amidine groups is 1. The summed E-state index contributed by atoms with van der Waals surface area (Å²) in [5.41, 5.74) is 6.96. The zero-order valence-electron chi connectivity index (χ0n) is 10.7. The van der Waals surface area contributed by atoms with Crippen LogP contribution in [-0.4, -0.2) is 20.8 Å². The van der Waals surface area contributed by atoms with E-state index >= 15 is 0 Å². The lowest BCUT2D eigenvalue weighted by Crippen LogP contribution is -2.26. The first kappa shape index (κ1) is 14.7. The van der Waals surface area contributed by atoms with Gasteiger partial charge in [-0.25, -0.2) is 13.1 Å². The van der Waals surface area contributed by atoms with Crippen molar-refractivity contribution in [2.24, 2.45) is 5.73 Å². The Bertz CT molecular complexity index is 538. The van der Waals surface area contributed by atoms with E-state index in [2.05, 4.69) is 4.72 Å². The molecule has 0 radical (unpaired) electrons. The van der Waals surface area contributed by atoms with Gasteiger partial charge < -0.3 is 5.73 Å². The van der Waals surface area contributed by atoms with Gasteiger partial charge in [0, 0.05) is 13.0 Å². The largest absolute Gasteiger partial charge is 0.388 e. The third kappa shape index (κ3) is 4.12. The molecule has 4 N–H and O–H groups in total. The van der Waals surface area contributed by atoms with Gasteiger partial charge >= 0.3 is 0 Å². The second-order valence-electron chi connectivity index (χ2n) is 4.30. The first-order valence-corrected chi connectivity index (χ1v) is 7.21. The van der Waals surface area contributed by atoms with E-state index < -0.39 is 10.0 Å². The molecule has 0 spiro atoms. The van der Waals surface area contributed by atoms with E-state index in [0.717, 1.165) is 11.1 Å². The summed E-state index contributed by atoms with van der Waals surface area (Å²) in [4.78, 5) is 0.302. The van der Waals surface area contributed by atoms with E-state index in [1.807, 2.05) is 13.0 Å². The van der Waals surface area contributed by atoms with Crippen molar-refractivity contribution in [1.29, 1.82) is 5.41 Å². The van der Waals surface area contributed by atoms with Crippen molar-refractivity contribution in [1.82, 2.24) is 4.72 Å². The summed E-state index contributed by atoms with van der Waals surface area (Å²) >= 11 is 0. The lowest BCUT2D eigenvalue weighted by Gasteiger charge is -2.09. The maximum absolute atomic E-state index is 12.0. The highest BCUT2D eigenvalue weighted by Crippen LogP contribution is 2.16. The van der Waals surface area contributed by atoms with Crippen LogP contribution in [0.3, 0.4) is 0 Å². The van der Waals surface area contributed by atoms with Gasteiger partial charge in [0.2, 0.25) is 10.0 Å². The van der Waals surface area contributed by atoms with Crippen LogP contribution in [0.25, 0.3) is 0 Å². The Morgan fingerprint density at radius 3 is 2.61 bits per heavy atom. The highest BCUT2D eigenvalue weighted by molar-refractivity contribution is 7.89. The maximum atomic E-state index is 12.0. The van der Waals surface area contributed by atoms with E-state index in [1.54, 1.807) is 19.1 Å².